The van der Waals surface area contributed by atoms with Crippen LogP contribution in [0.25, 0.3) is 0 Å². The maximum absolute atomic E-state index is 14.8. The fourth-order valence-corrected chi connectivity index (χ4v) is 11.7. The van der Waals surface area contributed by atoms with Crippen LogP contribution < -0.4 is 34.3 Å². The molecule has 3 aromatic rings. The molecule has 294 valence electrons. The van der Waals surface area contributed by atoms with Crippen LogP contribution >= 0.6 is 11.8 Å². The topological polar surface area (TPSA) is 181 Å². The van der Waals surface area contributed by atoms with Crippen molar-refractivity contribution in [2.75, 3.05) is 39.9 Å². The Morgan fingerprint density at radius 1 is 1.07 bits per heavy atom. The van der Waals surface area contributed by atoms with Crippen LogP contribution in [0.4, 0.5) is 0 Å². The molecule has 14 nitrogen and oxygen atoms in total. The van der Waals surface area contributed by atoms with Crippen LogP contribution in [0.2, 0.25) is 0 Å². The minimum atomic E-state index is -1.36. The van der Waals surface area contributed by atoms with E-state index >= 15 is 0 Å². The maximum atomic E-state index is 14.8. The summed E-state index contributed by atoms with van der Waals surface area (Å²) in [5, 5.41) is 40.5. The van der Waals surface area contributed by atoms with Crippen molar-refractivity contribution in [3.63, 3.8) is 0 Å². The summed E-state index contributed by atoms with van der Waals surface area (Å²) in [5.41, 5.74) is 4.39. The first-order valence-corrected chi connectivity index (χ1v) is 20.0. The van der Waals surface area contributed by atoms with Crippen molar-refractivity contribution in [3.05, 3.63) is 62.7 Å². The van der Waals surface area contributed by atoms with Gasteiger partial charge in [-0.15, -0.1) is 11.8 Å². The highest BCUT2D eigenvalue weighted by Crippen LogP contribution is 2.63. The van der Waals surface area contributed by atoms with E-state index in [2.05, 4.69) is 21.6 Å². The molecule has 10 rings (SSSR count). The van der Waals surface area contributed by atoms with Crippen LogP contribution in [-0.4, -0.2) is 85.1 Å². The number of carbonyl (C=O) groups is 2. The standard InChI is InChI=1S/C41H44N4O10S/c1-6-7-28(47)55-36-19(3)37-38(54-17-53-37)30-25-15-52-40(49)41(22-13-27(50-4)26(46)12-20(22)8-9-43-41)16-56-39(31(30)36)33-32-29-21(10-18(2)35(51-5)34(29)48)11-23(44-32)24(14-42)45(25)33/h10,12-13,23-25,32-33,39,43-44,46,48H,6-9,11,15-17H2,1-5H3/t23-,24-,25-,32-,33?,39+,41+/m0/s1. The first kappa shape index (κ1) is 36.7. The van der Waals surface area contributed by atoms with E-state index in [0.717, 1.165) is 16.7 Å². The highest BCUT2D eigenvalue weighted by molar-refractivity contribution is 7.99. The van der Waals surface area contributed by atoms with Gasteiger partial charge in [-0.05, 0) is 67.5 Å². The second kappa shape index (κ2) is 13.7. The smallest absolute Gasteiger partial charge is 0.331 e. The van der Waals surface area contributed by atoms with Crippen LogP contribution in [0.5, 0.6) is 40.2 Å². The Kier molecular flexibility index (Phi) is 8.96. The Morgan fingerprint density at radius 2 is 1.88 bits per heavy atom. The van der Waals surface area contributed by atoms with Gasteiger partial charge in [-0.3, -0.25) is 15.0 Å². The van der Waals surface area contributed by atoms with Crippen LogP contribution in [0.3, 0.4) is 0 Å². The largest absolute Gasteiger partial charge is 0.504 e. The number of piperazine rings is 1. The molecule has 56 heavy (non-hydrogen) atoms. The summed E-state index contributed by atoms with van der Waals surface area (Å²) in [6, 6.07) is 5.10. The minimum Gasteiger partial charge on any atom is -0.504 e. The van der Waals surface area contributed by atoms with Gasteiger partial charge in [0, 0.05) is 53.1 Å². The predicted molar refractivity (Wildman–Crippen MR) is 203 cm³/mol. The molecule has 1 unspecified atom stereocenters. The highest BCUT2D eigenvalue weighted by Gasteiger charge is 2.60. The molecule has 0 amide bonds. The number of aryl methyl sites for hydroxylation is 1. The summed E-state index contributed by atoms with van der Waals surface area (Å²) < 4.78 is 36.3. The zero-order valence-corrected chi connectivity index (χ0v) is 32.6. The van der Waals surface area contributed by atoms with E-state index in [1.807, 2.05) is 26.8 Å². The molecule has 15 heteroatoms. The predicted octanol–water partition coefficient (Wildman–Crippen LogP) is 4.43. The van der Waals surface area contributed by atoms with Gasteiger partial charge in [0.2, 0.25) is 6.79 Å². The summed E-state index contributed by atoms with van der Waals surface area (Å²) in [4.78, 5) is 30.4. The minimum absolute atomic E-state index is 0.0234. The van der Waals surface area contributed by atoms with Gasteiger partial charge in [-0.1, -0.05) is 13.0 Å². The summed E-state index contributed by atoms with van der Waals surface area (Å²) in [6.45, 7) is 5.85. The molecular formula is C41H44N4O10S. The number of hydrogen-bond acceptors (Lipinski definition) is 15. The Balaban J connectivity index is 1.32. The third-order valence-electron chi connectivity index (χ3n) is 12.4. The Labute approximate surface area is 328 Å². The van der Waals surface area contributed by atoms with E-state index in [-0.39, 0.29) is 48.9 Å². The molecule has 0 aliphatic carbocycles. The summed E-state index contributed by atoms with van der Waals surface area (Å²) in [5.74, 6) is 1.10. The molecule has 7 aliphatic rings. The second-order valence-corrected chi connectivity index (χ2v) is 16.4. The average Bonchev–Trinajstić information content (AvgIpc) is 3.68. The third-order valence-corrected chi connectivity index (χ3v) is 13.8. The van der Waals surface area contributed by atoms with Crippen molar-refractivity contribution in [2.24, 2.45) is 0 Å². The van der Waals surface area contributed by atoms with E-state index in [1.165, 1.54) is 26.0 Å². The van der Waals surface area contributed by atoms with E-state index in [4.69, 9.17) is 28.4 Å². The van der Waals surface area contributed by atoms with Gasteiger partial charge in [-0.2, -0.15) is 5.26 Å². The lowest BCUT2D eigenvalue weighted by Crippen LogP contribution is -2.69. The Morgan fingerprint density at radius 3 is 2.62 bits per heavy atom. The number of phenols is 2. The normalized spacial score (nSPS) is 28.2. The van der Waals surface area contributed by atoms with Gasteiger partial charge in [0.05, 0.1) is 37.6 Å². The number of fused-ring (bicyclic) bond motifs is 9. The molecule has 7 aliphatic heterocycles. The van der Waals surface area contributed by atoms with Crippen LogP contribution in [0.1, 0.15) is 81.6 Å². The number of nitrogens with one attached hydrogen (secondary N) is 2. The number of carbonyl (C=O) groups excluding carboxylic acids is 2. The van der Waals surface area contributed by atoms with E-state index in [1.54, 1.807) is 12.1 Å². The molecule has 3 aromatic carbocycles. The number of thioether (sulfide) groups is 1. The molecular weight excluding hydrogens is 741 g/mol. The summed E-state index contributed by atoms with van der Waals surface area (Å²) in [7, 11) is 3.00. The molecule has 7 heterocycles. The van der Waals surface area contributed by atoms with Gasteiger partial charge in [0.1, 0.15) is 18.4 Å². The highest BCUT2D eigenvalue weighted by atomic mass is 32.2. The quantitative estimate of drug-likeness (QED) is 0.211. The SMILES string of the molecule is CCCC(=O)Oc1c(C)c2c(c3c1[C@H]1SC[C@]4(NCCc5cc(O)c(OC)cc54)C(=O)OC[C@@H]3N3C1[C@H]1N[C@@H](Cc4cc(C)c(OC)c(O)c41)[C@@H]3C#N)OCO2. The number of methoxy groups -OCH3 is 2. The van der Waals surface area contributed by atoms with Gasteiger partial charge < -0.3 is 44.0 Å². The van der Waals surface area contributed by atoms with Crippen LogP contribution in [-0.2, 0) is 32.7 Å². The molecule has 1 spiro atoms. The number of nitriles is 1. The zero-order chi connectivity index (χ0) is 39.2. The lowest BCUT2D eigenvalue weighted by Gasteiger charge is -2.59. The molecule has 2 saturated heterocycles. The van der Waals surface area contributed by atoms with Crippen molar-refractivity contribution in [1.29, 1.82) is 5.26 Å². The van der Waals surface area contributed by atoms with Gasteiger partial charge >= 0.3 is 11.9 Å². The lowest BCUT2D eigenvalue weighted by atomic mass is 9.72. The Bertz CT molecular complexity index is 2230. The fourth-order valence-electron chi connectivity index (χ4n) is 10.0. The van der Waals surface area contributed by atoms with Gasteiger partial charge in [-0.25, -0.2) is 4.79 Å². The van der Waals surface area contributed by atoms with E-state index in [9.17, 15) is 25.1 Å². The number of esters is 2. The van der Waals surface area contributed by atoms with E-state index < -0.39 is 46.9 Å². The van der Waals surface area contributed by atoms with Crippen molar-refractivity contribution in [3.8, 4) is 46.3 Å². The van der Waals surface area contributed by atoms with Crippen molar-refractivity contribution >= 4 is 23.7 Å². The fraction of sp³-hybridized carbons (Fsp3) is 0.488. The third kappa shape index (κ3) is 5.18. The molecule has 0 aromatic heterocycles. The number of rotatable bonds is 5. The second-order valence-electron chi connectivity index (χ2n) is 15.3. The van der Waals surface area contributed by atoms with Crippen molar-refractivity contribution in [2.45, 2.75) is 87.5 Å². The zero-order valence-electron chi connectivity index (χ0n) is 31.8. The van der Waals surface area contributed by atoms with Gasteiger partial charge in [0.25, 0.3) is 0 Å². The van der Waals surface area contributed by atoms with Crippen LogP contribution in [0.15, 0.2) is 18.2 Å². The molecule has 0 saturated carbocycles. The van der Waals surface area contributed by atoms with Crippen molar-refractivity contribution in [1.82, 2.24) is 15.5 Å². The van der Waals surface area contributed by atoms with E-state index in [0.29, 0.717) is 76.6 Å². The Hall–Kier alpha value is -4.88. The van der Waals surface area contributed by atoms with Crippen molar-refractivity contribution < 1.29 is 48.2 Å². The average molecular weight is 785 g/mol. The number of ether oxygens (including phenoxy) is 6. The molecule has 4 N–H and O–H groups in total. The first-order valence-electron chi connectivity index (χ1n) is 19.0. The number of aromatic hydroxyl groups is 2. The lowest BCUT2D eigenvalue weighted by molar-refractivity contribution is -0.155. The number of hydrogen-bond donors (Lipinski definition) is 4. The molecule has 0 radical (unpaired) electrons. The van der Waals surface area contributed by atoms with Crippen LogP contribution in [0, 0.1) is 25.2 Å². The maximum Gasteiger partial charge on any atom is 0.331 e. The summed E-state index contributed by atoms with van der Waals surface area (Å²) in [6.07, 6.45) is 1.80. The first-order chi connectivity index (χ1) is 27.1. The number of benzene rings is 3. The monoisotopic (exact) mass is 784 g/mol. The molecule has 2 fully saturated rings. The van der Waals surface area contributed by atoms with Gasteiger partial charge in [0.15, 0.2) is 40.0 Å². The summed E-state index contributed by atoms with van der Waals surface area (Å²) >= 11 is 1.48. The number of phenolic OH excluding ortho intramolecular Hbond substituents is 2. The molecule has 7 atom stereocenters. The number of nitrogens with zero attached hydrogens (tertiary/aromatic N) is 2. The molecule has 4 bridgehead atoms.